The summed E-state index contributed by atoms with van der Waals surface area (Å²) in [7, 11) is 0. The SMILES string of the molecule is CCOC(=O)C(C#N)c1nc2ccccc2nc1N(Cc1ccccc1)Cc1ccccc1. The van der Waals surface area contributed by atoms with Gasteiger partial charge in [-0.05, 0) is 30.2 Å². The first-order valence-electron chi connectivity index (χ1n) is 10.8. The molecular weight excluding hydrogens is 412 g/mol. The molecule has 0 N–H and O–H groups in total. The zero-order chi connectivity index (χ0) is 23.0. The van der Waals surface area contributed by atoms with Crippen molar-refractivity contribution < 1.29 is 9.53 Å². The second-order valence-electron chi connectivity index (χ2n) is 7.56. The number of anilines is 1. The van der Waals surface area contributed by atoms with Gasteiger partial charge in [0.15, 0.2) is 11.7 Å². The molecule has 0 aliphatic rings. The zero-order valence-corrected chi connectivity index (χ0v) is 18.4. The third-order valence-corrected chi connectivity index (χ3v) is 5.23. The summed E-state index contributed by atoms with van der Waals surface area (Å²) < 4.78 is 5.18. The fraction of sp³-hybridized carbons (Fsp3) is 0.185. The van der Waals surface area contributed by atoms with Gasteiger partial charge >= 0.3 is 5.97 Å². The Labute approximate surface area is 193 Å². The topological polar surface area (TPSA) is 79.1 Å². The van der Waals surface area contributed by atoms with E-state index in [1.165, 1.54) is 0 Å². The fourth-order valence-corrected chi connectivity index (χ4v) is 3.70. The highest BCUT2D eigenvalue weighted by Crippen LogP contribution is 2.30. The molecule has 0 saturated carbocycles. The van der Waals surface area contributed by atoms with Crippen LogP contribution < -0.4 is 4.90 Å². The maximum atomic E-state index is 12.7. The first kappa shape index (κ1) is 22.0. The van der Waals surface area contributed by atoms with Gasteiger partial charge in [-0.3, -0.25) is 4.79 Å². The Hall–Kier alpha value is -4.24. The van der Waals surface area contributed by atoms with Crippen molar-refractivity contribution >= 4 is 22.8 Å². The van der Waals surface area contributed by atoms with E-state index in [1.807, 2.05) is 84.9 Å². The van der Waals surface area contributed by atoms with Crippen LogP contribution in [0.5, 0.6) is 0 Å². The predicted octanol–water partition coefficient (Wildman–Crippen LogP) is 5.01. The minimum absolute atomic E-state index is 0.186. The van der Waals surface area contributed by atoms with E-state index in [0.29, 0.717) is 35.6 Å². The summed E-state index contributed by atoms with van der Waals surface area (Å²) in [5, 5.41) is 9.90. The van der Waals surface area contributed by atoms with Crippen molar-refractivity contribution in [2.75, 3.05) is 11.5 Å². The lowest BCUT2D eigenvalue weighted by Gasteiger charge is -2.27. The molecule has 0 bridgehead atoms. The average Bonchev–Trinajstić information content (AvgIpc) is 2.85. The maximum absolute atomic E-state index is 12.7. The number of esters is 1. The van der Waals surface area contributed by atoms with Gasteiger partial charge in [0, 0.05) is 13.1 Å². The van der Waals surface area contributed by atoms with Crippen LogP contribution >= 0.6 is 0 Å². The number of ether oxygens (including phenoxy) is 1. The van der Waals surface area contributed by atoms with E-state index >= 15 is 0 Å². The molecule has 1 heterocycles. The minimum atomic E-state index is -1.17. The summed E-state index contributed by atoms with van der Waals surface area (Å²) in [5.74, 6) is -1.29. The van der Waals surface area contributed by atoms with Crippen LogP contribution in [-0.2, 0) is 22.6 Å². The molecule has 33 heavy (non-hydrogen) atoms. The van der Waals surface area contributed by atoms with Gasteiger partial charge in [-0.2, -0.15) is 5.26 Å². The van der Waals surface area contributed by atoms with Crippen LogP contribution in [0.25, 0.3) is 11.0 Å². The Kier molecular flexibility index (Phi) is 6.91. The molecule has 164 valence electrons. The van der Waals surface area contributed by atoms with Crippen LogP contribution in [0.4, 0.5) is 5.82 Å². The summed E-state index contributed by atoms with van der Waals surface area (Å²) in [6, 6.07) is 29.6. The number of rotatable bonds is 8. The maximum Gasteiger partial charge on any atom is 0.329 e. The number of benzene rings is 3. The number of nitrogens with zero attached hydrogens (tertiary/aromatic N) is 4. The Morgan fingerprint density at radius 2 is 1.39 bits per heavy atom. The van der Waals surface area contributed by atoms with Crippen molar-refractivity contribution in [3.05, 3.63) is 102 Å². The van der Waals surface area contributed by atoms with E-state index in [0.717, 1.165) is 11.1 Å². The lowest BCUT2D eigenvalue weighted by molar-refractivity contribution is -0.143. The second-order valence-corrected chi connectivity index (χ2v) is 7.56. The molecule has 4 rings (SSSR count). The van der Waals surface area contributed by atoms with Crippen molar-refractivity contribution in [3.8, 4) is 6.07 Å². The first-order chi connectivity index (χ1) is 16.2. The first-order valence-corrected chi connectivity index (χ1v) is 10.8. The zero-order valence-electron chi connectivity index (χ0n) is 18.4. The highest BCUT2D eigenvalue weighted by Gasteiger charge is 2.30. The molecular formula is C27H24N4O2. The molecule has 6 nitrogen and oxygen atoms in total. The van der Waals surface area contributed by atoms with E-state index in [4.69, 9.17) is 14.7 Å². The van der Waals surface area contributed by atoms with Crippen molar-refractivity contribution in [2.45, 2.75) is 25.9 Å². The number of para-hydroxylation sites is 2. The van der Waals surface area contributed by atoms with Gasteiger partial charge in [-0.15, -0.1) is 0 Å². The number of hydrogen-bond donors (Lipinski definition) is 0. The summed E-state index contributed by atoms with van der Waals surface area (Å²) in [4.78, 5) is 24.3. The van der Waals surface area contributed by atoms with Gasteiger partial charge in [0.25, 0.3) is 0 Å². The van der Waals surface area contributed by atoms with Crippen molar-refractivity contribution in [3.63, 3.8) is 0 Å². The summed E-state index contributed by atoms with van der Waals surface area (Å²) >= 11 is 0. The number of hydrogen-bond acceptors (Lipinski definition) is 6. The molecule has 0 radical (unpaired) electrons. The van der Waals surface area contributed by atoms with Crippen molar-refractivity contribution in [2.24, 2.45) is 0 Å². The van der Waals surface area contributed by atoms with E-state index in [1.54, 1.807) is 6.92 Å². The normalized spacial score (nSPS) is 11.5. The number of nitriles is 1. The molecule has 0 fully saturated rings. The van der Waals surface area contributed by atoms with Crippen LogP contribution in [0.3, 0.4) is 0 Å². The van der Waals surface area contributed by atoms with E-state index in [2.05, 4.69) is 11.0 Å². The number of aromatic nitrogens is 2. The predicted molar refractivity (Wildman–Crippen MR) is 127 cm³/mol. The van der Waals surface area contributed by atoms with Crippen LogP contribution in [0, 0.1) is 11.3 Å². The molecule has 0 aliphatic heterocycles. The summed E-state index contributed by atoms with van der Waals surface area (Å²) in [6.45, 7) is 2.98. The number of fused-ring (bicyclic) bond motifs is 1. The third-order valence-electron chi connectivity index (χ3n) is 5.23. The number of carbonyl (C=O) groups excluding carboxylic acids is 1. The van der Waals surface area contributed by atoms with Crippen LogP contribution in [0.2, 0.25) is 0 Å². The molecule has 3 aromatic carbocycles. The molecule has 6 heteroatoms. The molecule has 1 atom stereocenters. The lowest BCUT2D eigenvalue weighted by atomic mass is 10.1. The largest absolute Gasteiger partial charge is 0.465 e. The van der Waals surface area contributed by atoms with Gasteiger partial charge in [-0.1, -0.05) is 72.8 Å². The van der Waals surface area contributed by atoms with Crippen LogP contribution in [0.15, 0.2) is 84.9 Å². The van der Waals surface area contributed by atoms with E-state index in [-0.39, 0.29) is 6.61 Å². The van der Waals surface area contributed by atoms with Crippen molar-refractivity contribution in [1.82, 2.24) is 9.97 Å². The molecule has 0 amide bonds. The van der Waals surface area contributed by atoms with Crippen molar-refractivity contribution in [1.29, 1.82) is 5.26 Å². The molecule has 1 aromatic heterocycles. The smallest absolute Gasteiger partial charge is 0.329 e. The Morgan fingerprint density at radius 3 is 1.91 bits per heavy atom. The minimum Gasteiger partial charge on any atom is -0.465 e. The quantitative estimate of drug-likeness (QED) is 0.361. The lowest BCUT2D eigenvalue weighted by Crippen LogP contribution is -2.27. The monoisotopic (exact) mass is 436 g/mol. The molecule has 0 spiro atoms. The second kappa shape index (κ2) is 10.4. The Balaban J connectivity index is 1.87. The van der Waals surface area contributed by atoms with E-state index in [9.17, 15) is 10.1 Å². The van der Waals surface area contributed by atoms with Crippen LogP contribution in [0.1, 0.15) is 29.7 Å². The standard InChI is InChI=1S/C27H24N4O2/c1-2-33-27(32)22(17-28)25-26(30-24-16-10-9-15-23(24)29-25)31(18-20-11-5-3-6-12-20)19-21-13-7-4-8-14-21/h3-16,22H,2,18-19H2,1H3. The highest BCUT2D eigenvalue weighted by molar-refractivity contribution is 5.85. The van der Waals surface area contributed by atoms with Gasteiger partial charge in [0.05, 0.1) is 23.7 Å². The van der Waals surface area contributed by atoms with Gasteiger partial charge in [-0.25, -0.2) is 9.97 Å². The van der Waals surface area contributed by atoms with Crippen LogP contribution in [-0.4, -0.2) is 22.5 Å². The third kappa shape index (κ3) is 5.16. The summed E-state index contributed by atoms with van der Waals surface area (Å²) in [6.07, 6.45) is 0. The molecule has 4 aromatic rings. The molecule has 0 aliphatic carbocycles. The Bertz CT molecular complexity index is 1230. The fourth-order valence-electron chi connectivity index (χ4n) is 3.70. The van der Waals surface area contributed by atoms with Gasteiger partial charge in [0.2, 0.25) is 0 Å². The Morgan fingerprint density at radius 1 is 0.879 bits per heavy atom. The van der Waals surface area contributed by atoms with E-state index < -0.39 is 11.9 Å². The number of carbonyl (C=O) groups is 1. The summed E-state index contributed by atoms with van der Waals surface area (Å²) in [5.41, 5.74) is 3.79. The molecule has 0 saturated heterocycles. The highest BCUT2D eigenvalue weighted by atomic mass is 16.5. The van der Waals surface area contributed by atoms with Gasteiger partial charge in [0.1, 0.15) is 5.69 Å². The molecule has 1 unspecified atom stereocenters. The van der Waals surface area contributed by atoms with Gasteiger partial charge < -0.3 is 9.64 Å². The average molecular weight is 437 g/mol.